The third-order valence-corrected chi connectivity index (χ3v) is 5.13. The van der Waals surface area contributed by atoms with Gasteiger partial charge in [-0.3, -0.25) is 4.79 Å². The van der Waals surface area contributed by atoms with Crippen molar-refractivity contribution in [3.8, 4) is 28.8 Å². The van der Waals surface area contributed by atoms with E-state index in [4.69, 9.17) is 18.9 Å². The average Bonchev–Trinajstić information content (AvgIpc) is 2.76. The zero-order valence-electron chi connectivity index (χ0n) is 18.6. The van der Waals surface area contributed by atoms with Crippen LogP contribution in [0.15, 0.2) is 16.9 Å². The molecule has 0 amide bonds. The van der Waals surface area contributed by atoms with E-state index in [0.717, 1.165) is 0 Å². The molecule has 10 nitrogen and oxygen atoms in total. The molecule has 3 rings (SSSR count). The fourth-order valence-electron chi connectivity index (χ4n) is 3.69. The number of pyridine rings is 2. The van der Waals surface area contributed by atoms with E-state index in [1.165, 1.54) is 17.7 Å². The van der Waals surface area contributed by atoms with Crippen LogP contribution in [-0.4, -0.2) is 59.8 Å². The van der Waals surface area contributed by atoms with Gasteiger partial charge in [0.15, 0.2) is 11.5 Å². The van der Waals surface area contributed by atoms with E-state index in [1.54, 1.807) is 13.2 Å². The number of ether oxygens (including phenoxy) is 4. The first kappa shape index (κ1) is 23.6. The minimum Gasteiger partial charge on any atom is -0.488 e. The summed E-state index contributed by atoms with van der Waals surface area (Å²) in [6.45, 7) is 4.34. The van der Waals surface area contributed by atoms with Gasteiger partial charge in [0.25, 0.3) is 11.4 Å². The molecule has 0 spiro atoms. The van der Waals surface area contributed by atoms with Gasteiger partial charge in [0.2, 0.25) is 0 Å². The zero-order valence-corrected chi connectivity index (χ0v) is 18.6. The van der Waals surface area contributed by atoms with Crippen LogP contribution in [0.4, 0.5) is 0 Å². The molecule has 0 fully saturated rings. The van der Waals surface area contributed by atoms with Crippen LogP contribution in [0.1, 0.15) is 42.3 Å². The Balaban J connectivity index is 2.23. The first-order chi connectivity index (χ1) is 15.3. The van der Waals surface area contributed by atoms with Gasteiger partial charge in [-0.15, -0.1) is 0 Å². The molecule has 32 heavy (non-hydrogen) atoms. The monoisotopic (exact) mass is 448 g/mol. The van der Waals surface area contributed by atoms with Gasteiger partial charge < -0.3 is 33.7 Å². The SMILES string of the molecule is COCCCOc1cc2c(nc1OC)-c1c(cc(C(=O)O)c(=O)n1CCO)C(C(C)C)O2. The largest absolute Gasteiger partial charge is 0.488 e. The van der Waals surface area contributed by atoms with Gasteiger partial charge in [-0.25, -0.2) is 9.78 Å². The maximum atomic E-state index is 12.9. The van der Waals surface area contributed by atoms with Crippen LogP contribution in [0, 0.1) is 5.92 Å². The van der Waals surface area contributed by atoms with Crippen molar-refractivity contribution < 1.29 is 34.0 Å². The lowest BCUT2D eigenvalue weighted by atomic mass is 9.92. The van der Waals surface area contributed by atoms with Crippen molar-refractivity contribution in [2.45, 2.75) is 32.9 Å². The summed E-state index contributed by atoms with van der Waals surface area (Å²) in [5.41, 5.74) is 0.126. The van der Waals surface area contributed by atoms with Gasteiger partial charge in [-0.1, -0.05) is 13.8 Å². The molecule has 174 valence electrons. The Morgan fingerprint density at radius 3 is 2.62 bits per heavy atom. The number of aromatic carboxylic acids is 1. The molecular formula is C22H28N2O8. The number of fused-ring (bicyclic) bond motifs is 3. The molecule has 2 aromatic heterocycles. The van der Waals surface area contributed by atoms with Crippen molar-refractivity contribution in [3.05, 3.63) is 33.6 Å². The minimum atomic E-state index is -1.34. The first-order valence-corrected chi connectivity index (χ1v) is 10.3. The summed E-state index contributed by atoms with van der Waals surface area (Å²) in [5.74, 6) is -0.427. The molecule has 2 aromatic rings. The van der Waals surface area contributed by atoms with E-state index in [1.807, 2.05) is 13.8 Å². The maximum Gasteiger partial charge on any atom is 0.341 e. The topological polar surface area (TPSA) is 129 Å². The van der Waals surface area contributed by atoms with Crippen molar-refractivity contribution in [2.75, 3.05) is 34.0 Å². The second-order valence-electron chi connectivity index (χ2n) is 7.67. The highest BCUT2D eigenvalue weighted by molar-refractivity contribution is 5.88. The Labute approximate surface area is 185 Å². The van der Waals surface area contributed by atoms with E-state index < -0.39 is 17.6 Å². The number of methoxy groups -OCH3 is 2. The highest BCUT2D eigenvalue weighted by Gasteiger charge is 2.35. The Kier molecular flexibility index (Phi) is 7.37. The normalized spacial score (nSPS) is 14.5. The smallest absolute Gasteiger partial charge is 0.341 e. The van der Waals surface area contributed by atoms with Crippen LogP contribution >= 0.6 is 0 Å². The molecule has 0 aromatic carbocycles. The summed E-state index contributed by atoms with van der Waals surface area (Å²) in [7, 11) is 3.06. The predicted octanol–water partition coefficient (Wildman–Crippen LogP) is 2.11. The second-order valence-corrected chi connectivity index (χ2v) is 7.67. The summed E-state index contributed by atoms with van der Waals surface area (Å²) >= 11 is 0. The van der Waals surface area contributed by atoms with Crippen molar-refractivity contribution in [3.63, 3.8) is 0 Å². The molecule has 1 aliphatic heterocycles. The number of carboxylic acids is 1. The lowest BCUT2D eigenvalue weighted by molar-refractivity contribution is 0.0693. The molecule has 0 bridgehead atoms. The number of rotatable bonds is 10. The van der Waals surface area contributed by atoms with Crippen molar-refractivity contribution >= 4 is 5.97 Å². The van der Waals surface area contributed by atoms with Gasteiger partial charge in [0.1, 0.15) is 17.4 Å². The first-order valence-electron chi connectivity index (χ1n) is 10.3. The molecule has 10 heteroatoms. The number of hydrogen-bond acceptors (Lipinski definition) is 8. The molecule has 2 N–H and O–H groups in total. The number of aromatic nitrogens is 2. The Hall–Kier alpha value is -3.11. The third-order valence-electron chi connectivity index (χ3n) is 5.13. The fraction of sp³-hybridized carbons (Fsp3) is 0.500. The quantitative estimate of drug-likeness (QED) is 0.525. The average molecular weight is 448 g/mol. The highest BCUT2D eigenvalue weighted by atomic mass is 16.5. The van der Waals surface area contributed by atoms with Crippen molar-refractivity contribution in [1.29, 1.82) is 0 Å². The maximum absolute atomic E-state index is 12.9. The van der Waals surface area contributed by atoms with Gasteiger partial charge in [0.05, 0.1) is 26.0 Å². The molecule has 1 atom stereocenters. The van der Waals surface area contributed by atoms with E-state index in [2.05, 4.69) is 4.98 Å². The number of carboxylic acid groups (broad SMARTS) is 1. The summed E-state index contributed by atoms with van der Waals surface area (Å²) < 4.78 is 23.7. The zero-order chi connectivity index (χ0) is 23.4. The number of hydrogen-bond donors (Lipinski definition) is 2. The Morgan fingerprint density at radius 1 is 1.28 bits per heavy atom. The van der Waals surface area contributed by atoms with Crippen molar-refractivity contribution in [1.82, 2.24) is 9.55 Å². The summed E-state index contributed by atoms with van der Waals surface area (Å²) in [4.78, 5) is 29.2. The van der Waals surface area contributed by atoms with Gasteiger partial charge in [-0.2, -0.15) is 0 Å². The summed E-state index contributed by atoms with van der Waals surface area (Å²) in [6, 6.07) is 3.00. The van der Waals surface area contributed by atoms with E-state index in [-0.39, 0.29) is 30.5 Å². The molecule has 0 radical (unpaired) electrons. The minimum absolute atomic E-state index is 0.0446. The fourth-order valence-corrected chi connectivity index (χ4v) is 3.69. The Bertz CT molecular complexity index is 1050. The summed E-state index contributed by atoms with van der Waals surface area (Å²) in [5, 5.41) is 19.1. The summed E-state index contributed by atoms with van der Waals surface area (Å²) in [6.07, 6.45) is 0.140. The lowest BCUT2D eigenvalue weighted by Crippen LogP contribution is -2.33. The second kappa shape index (κ2) is 10.0. The molecule has 1 unspecified atom stereocenters. The van der Waals surface area contributed by atoms with Gasteiger partial charge >= 0.3 is 5.97 Å². The molecule has 0 saturated heterocycles. The van der Waals surface area contributed by atoms with E-state index in [0.29, 0.717) is 48.1 Å². The molecule has 1 aliphatic rings. The molecule has 0 aliphatic carbocycles. The standard InChI is InChI=1S/C22H28N2O8/c1-12(2)19-13-10-14(22(27)28)21(26)24(6-7-25)18(13)17-15(32-19)11-16(20(23-17)30-4)31-9-5-8-29-3/h10-12,19,25H,5-9H2,1-4H3,(H,27,28). The molecular weight excluding hydrogens is 420 g/mol. The van der Waals surface area contributed by atoms with E-state index in [9.17, 15) is 19.8 Å². The number of aliphatic hydroxyl groups excluding tert-OH is 1. The number of aliphatic hydroxyl groups is 1. The van der Waals surface area contributed by atoms with Crippen LogP contribution in [-0.2, 0) is 11.3 Å². The van der Waals surface area contributed by atoms with Crippen LogP contribution in [0.5, 0.6) is 17.4 Å². The number of carbonyl (C=O) groups is 1. The third kappa shape index (κ3) is 4.42. The number of nitrogens with zero attached hydrogens (tertiary/aromatic N) is 2. The predicted molar refractivity (Wildman–Crippen MR) is 115 cm³/mol. The van der Waals surface area contributed by atoms with Crippen LogP contribution in [0.3, 0.4) is 0 Å². The lowest BCUT2D eigenvalue weighted by Gasteiger charge is -2.32. The van der Waals surface area contributed by atoms with Crippen LogP contribution in [0.2, 0.25) is 0 Å². The van der Waals surface area contributed by atoms with Crippen LogP contribution < -0.4 is 19.8 Å². The molecule has 0 saturated carbocycles. The highest BCUT2D eigenvalue weighted by Crippen LogP contribution is 2.46. The van der Waals surface area contributed by atoms with Gasteiger partial charge in [0, 0.05) is 38.3 Å². The Morgan fingerprint density at radius 2 is 2.03 bits per heavy atom. The van der Waals surface area contributed by atoms with E-state index >= 15 is 0 Å². The van der Waals surface area contributed by atoms with Gasteiger partial charge in [-0.05, 0) is 12.0 Å². The van der Waals surface area contributed by atoms with Crippen molar-refractivity contribution in [2.24, 2.45) is 5.92 Å². The molecule has 3 heterocycles. The van der Waals surface area contributed by atoms with Crippen LogP contribution in [0.25, 0.3) is 11.4 Å².